The van der Waals surface area contributed by atoms with Crippen molar-refractivity contribution in [1.29, 1.82) is 0 Å². The van der Waals surface area contributed by atoms with E-state index in [9.17, 15) is 0 Å². The number of rotatable bonds is 11. The van der Waals surface area contributed by atoms with Crippen LogP contribution in [-0.4, -0.2) is 65.0 Å². The average molecular weight is 570 g/mol. The number of likely N-dealkylation sites (tertiary alicyclic amines) is 1. The maximum Gasteiger partial charge on any atom is 0.191 e. The second-order valence-corrected chi connectivity index (χ2v) is 8.40. The van der Waals surface area contributed by atoms with E-state index in [0.717, 1.165) is 56.6 Å². The van der Waals surface area contributed by atoms with Gasteiger partial charge >= 0.3 is 0 Å². The molecule has 2 aromatic rings. The van der Waals surface area contributed by atoms with Gasteiger partial charge in [-0.15, -0.1) is 34.2 Å². The maximum absolute atomic E-state index is 5.48. The van der Waals surface area contributed by atoms with E-state index in [0.29, 0.717) is 12.6 Å². The van der Waals surface area contributed by atoms with E-state index in [1.54, 1.807) is 13.4 Å². The molecule has 1 fully saturated rings. The van der Waals surface area contributed by atoms with Gasteiger partial charge in [-0.25, -0.2) is 0 Å². The lowest BCUT2D eigenvalue weighted by atomic mass is 10.1. The third-order valence-electron chi connectivity index (χ3n) is 6.13. The van der Waals surface area contributed by atoms with Gasteiger partial charge in [0.05, 0.1) is 19.7 Å². The van der Waals surface area contributed by atoms with Gasteiger partial charge in [0.15, 0.2) is 5.96 Å². The molecule has 1 aliphatic rings. The summed E-state index contributed by atoms with van der Waals surface area (Å²) in [5.74, 6) is 2.76. The molecule has 0 aliphatic carbocycles. The highest BCUT2D eigenvalue weighted by molar-refractivity contribution is 14.0. The average Bonchev–Trinajstić information content (AvgIpc) is 3.51. The molecule has 8 nitrogen and oxygen atoms in total. The van der Waals surface area contributed by atoms with Crippen LogP contribution in [0.25, 0.3) is 0 Å². The highest BCUT2D eigenvalue weighted by Gasteiger charge is 2.24. The number of nitrogens with one attached hydrogen (secondary N) is 2. The number of hydrogen-bond acceptors (Lipinski definition) is 5. The summed E-state index contributed by atoms with van der Waals surface area (Å²) in [6, 6.07) is 9.00. The number of methoxy groups -OCH3 is 1. The zero-order valence-corrected chi connectivity index (χ0v) is 22.8. The summed E-state index contributed by atoms with van der Waals surface area (Å²) in [5, 5.41) is 15.3. The Kier molecular flexibility index (Phi) is 11.9. The number of aromatic nitrogens is 3. The van der Waals surface area contributed by atoms with Gasteiger partial charge in [-0.3, -0.25) is 9.89 Å². The minimum Gasteiger partial charge on any atom is -0.497 e. The zero-order chi connectivity index (χ0) is 22.8. The first-order valence-corrected chi connectivity index (χ1v) is 11.9. The summed E-state index contributed by atoms with van der Waals surface area (Å²) in [6.45, 7) is 11.0. The van der Waals surface area contributed by atoms with Crippen LogP contribution in [0.2, 0.25) is 0 Å². The molecule has 2 heterocycles. The summed E-state index contributed by atoms with van der Waals surface area (Å²) in [5.41, 5.74) is 1.26. The van der Waals surface area contributed by atoms with E-state index in [1.807, 2.05) is 6.07 Å². The predicted molar refractivity (Wildman–Crippen MR) is 145 cm³/mol. The van der Waals surface area contributed by atoms with Crippen LogP contribution >= 0.6 is 24.0 Å². The smallest absolute Gasteiger partial charge is 0.191 e. The molecule has 9 heteroatoms. The zero-order valence-electron chi connectivity index (χ0n) is 20.5. The first-order valence-electron chi connectivity index (χ1n) is 11.9. The topological polar surface area (TPSA) is 79.6 Å². The third-order valence-corrected chi connectivity index (χ3v) is 6.13. The second-order valence-electron chi connectivity index (χ2n) is 8.40. The molecule has 0 amide bonds. The molecule has 0 bridgehead atoms. The lowest BCUT2D eigenvalue weighted by molar-refractivity contribution is 0.251. The minimum atomic E-state index is 0. The molecule has 0 spiro atoms. The van der Waals surface area contributed by atoms with E-state index >= 15 is 0 Å². The van der Waals surface area contributed by atoms with Gasteiger partial charge in [0.2, 0.25) is 0 Å². The van der Waals surface area contributed by atoms with E-state index in [4.69, 9.17) is 9.73 Å². The van der Waals surface area contributed by atoms with Crippen molar-refractivity contribution in [2.24, 2.45) is 4.99 Å². The van der Waals surface area contributed by atoms with Crippen molar-refractivity contribution in [3.05, 3.63) is 42.0 Å². The van der Waals surface area contributed by atoms with Crippen LogP contribution in [0.15, 0.2) is 35.6 Å². The highest BCUT2D eigenvalue weighted by Crippen LogP contribution is 2.27. The first-order chi connectivity index (χ1) is 15.6. The van der Waals surface area contributed by atoms with Crippen LogP contribution in [-0.2, 0) is 13.0 Å². The Morgan fingerprint density at radius 3 is 2.73 bits per heavy atom. The van der Waals surface area contributed by atoms with Gasteiger partial charge in [0, 0.05) is 25.6 Å². The number of nitrogens with zero attached hydrogens (tertiary/aromatic N) is 5. The number of benzene rings is 1. The number of hydrogen-bond donors (Lipinski definition) is 2. The van der Waals surface area contributed by atoms with Crippen molar-refractivity contribution in [2.75, 3.05) is 33.3 Å². The second kappa shape index (κ2) is 14.4. The first kappa shape index (κ1) is 27.4. The summed E-state index contributed by atoms with van der Waals surface area (Å²) in [7, 11) is 1.72. The SMILES string of the molecule is CCc1nncn1CCNC(=NCC(c1cccc(OC)c1)N1CCCC1)NC(C)CC.I. The number of halogens is 1. The van der Waals surface area contributed by atoms with Crippen molar-refractivity contribution in [3.63, 3.8) is 0 Å². The molecule has 1 aromatic carbocycles. The Bertz CT molecular complexity index is 851. The molecule has 0 radical (unpaired) electrons. The molecule has 33 heavy (non-hydrogen) atoms. The molecule has 2 atom stereocenters. The van der Waals surface area contributed by atoms with Crippen LogP contribution in [0.3, 0.4) is 0 Å². The van der Waals surface area contributed by atoms with Crippen LogP contribution in [0.5, 0.6) is 5.75 Å². The summed E-state index contributed by atoms with van der Waals surface area (Å²) >= 11 is 0. The molecule has 3 rings (SSSR count). The largest absolute Gasteiger partial charge is 0.497 e. The van der Waals surface area contributed by atoms with E-state index in [1.165, 1.54) is 18.4 Å². The lowest BCUT2D eigenvalue weighted by Crippen LogP contribution is -2.43. The standard InChI is InChI=1S/C24H39N7O.HI/c1-5-19(3)28-24(25-12-15-31-18-27-29-23(31)6-2)26-17-22(30-13-7-8-14-30)20-10-9-11-21(16-20)32-4;/h9-11,16,18-19,22H,5-8,12-15,17H2,1-4H3,(H2,25,26,28);1H. The van der Waals surface area contributed by atoms with Gasteiger partial charge in [0.1, 0.15) is 17.9 Å². The third kappa shape index (κ3) is 8.13. The maximum atomic E-state index is 5.48. The van der Waals surface area contributed by atoms with Crippen molar-refractivity contribution in [3.8, 4) is 5.75 Å². The molecule has 1 saturated heterocycles. The molecule has 2 unspecified atom stereocenters. The molecule has 0 saturated carbocycles. The monoisotopic (exact) mass is 569 g/mol. The summed E-state index contributed by atoms with van der Waals surface area (Å²) < 4.78 is 7.57. The molecule has 1 aliphatic heterocycles. The molecular formula is C24H40IN7O. The normalized spacial score (nSPS) is 16.2. The Labute approximate surface area is 215 Å². The fourth-order valence-electron chi connectivity index (χ4n) is 4.03. The lowest BCUT2D eigenvalue weighted by Gasteiger charge is -2.27. The van der Waals surface area contributed by atoms with Gasteiger partial charge in [0.25, 0.3) is 0 Å². The van der Waals surface area contributed by atoms with E-state index in [-0.39, 0.29) is 30.0 Å². The van der Waals surface area contributed by atoms with E-state index in [2.05, 4.69) is 69.3 Å². The van der Waals surface area contributed by atoms with Crippen molar-refractivity contribution >= 4 is 29.9 Å². The van der Waals surface area contributed by atoms with Crippen LogP contribution in [0, 0.1) is 0 Å². The molecular weight excluding hydrogens is 529 g/mol. The Hall–Kier alpha value is -1.88. The predicted octanol–water partition coefficient (Wildman–Crippen LogP) is 3.64. The molecule has 1 aromatic heterocycles. The number of aryl methyl sites for hydroxylation is 1. The molecule has 2 N–H and O–H groups in total. The minimum absolute atomic E-state index is 0. The van der Waals surface area contributed by atoms with E-state index < -0.39 is 0 Å². The number of guanidine groups is 1. The quantitative estimate of drug-likeness (QED) is 0.245. The highest BCUT2D eigenvalue weighted by atomic mass is 127. The summed E-state index contributed by atoms with van der Waals surface area (Å²) in [4.78, 5) is 7.57. The Balaban J connectivity index is 0.00000385. The number of ether oxygens (including phenoxy) is 1. The Morgan fingerprint density at radius 1 is 1.24 bits per heavy atom. The van der Waals surface area contributed by atoms with Crippen molar-refractivity contribution in [2.45, 2.75) is 65.1 Å². The van der Waals surface area contributed by atoms with Gasteiger partial charge in [-0.2, -0.15) is 0 Å². The van der Waals surface area contributed by atoms with Crippen molar-refractivity contribution in [1.82, 2.24) is 30.3 Å². The van der Waals surface area contributed by atoms with Gasteiger partial charge in [-0.05, 0) is 57.0 Å². The Morgan fingerprint density at radius 2 is 2.03 bits per heavy atom. The van der Waals surface area contributed by atoms with Crippen LogP contribution < -0.4 is 15.4 Å². The van der Waals surface area contributed by atoms with Crippen molar-refractivity contribution < 1.29 is 4.74 Å². The van der Waals surface area contributed by atoms with Gasteiger partial charge < -0.3 is 19.9 Å². The van der Waals surface area contributed by atoms with Crippen LogP contribution in [0.4, 0.5) is 0 Å². The fourth-order valence-corrected chi connectivity index (χ4v) is 4.03. The van der Waals surface area contributed by atoms with Crippen LogP contribution in [0.1, 0.15) is 57.5 Å². The fraction of sp³-hybridized carbons (Fsp3) is 0.625. The number of aliphatic imine (C=N–C) groups is 1. The summed E-state index contributed by atoms with van der Waals surface area (Å²) in [6.07, 6.45) is 6.21. The van der Waals surface area contributed by atoms with Gasteiger partial charge in [-0.1, -0.05) is 26.0 Å². The molecule has 184 valence electrons.